The molecule has 2 rings (SSSR count). The van der Waals surface area contributed by atoms with Gasteiger partial charge in [-0.3, -0.25) is 4.98 Å². The molecule has 1 fully saturated rings. The zero-order valence-corrected chi connectivity index (χ0v) is 13.0. The van der Waals surface area contributed by atoms with Gasteiger partial charge in [0.05, 0.1) is 11.3 Å². The predicted molar refractivity (Wildman–Crippen MR) is 74.9 cm³/mol. The summed E-state index contributed by atoms with van der Waals surface area (Å²) in [4.78, 5) is 4.37. The van der Waals surface area contributed by atoms with E-state index in [4.69, 9.17) is 4.74 Å². The van der Waals surface area contributed by atoms with E-state index in [1.54, 1.807) is 7.11 Å². The molecule has 1 N–H and O–H groups in total. The van der Waals surface area contributed by atoms with Crippen molar-refractivity contribution in [2.24, 2.45) is 0 Å². The van der Waals surface area contributed by atoms with Gasteiger partial charge in [0.2, 0.25) is 0 Å². The second kappa shape index (κ2) is 5.78. The molecule has 1 aromatic heterocycles. The van der Waals surface area contributed by atoms with E-state index in [1.807, 2.05) is 12.3 Å². The molecule has 1 saturated carbocycles. The van der Waals surface area contributed by atoms with Crippen LogP contribution in [0.5, 0.6) is 0 Å². The summed E-state index contributed by atoms with van der Waals surface area (Å²) in [5, 5.41) is 3.42. The van der Waals surface area contributed by atoms with Crippen LogP contribution in [-0.2, 0) is 11.3 Å². The Morgan fingerprint density at radius 3 is 2.76 bits per heavy atom. The Kier molecular flexibility index (Phi) is 4.58. The number of nitrogens with one attached hydrogen (secondary N) is 1. The Bertz CT molecular complexity index is 389. The van der Waals surface area contributed by atoms with E-state index in [1.165, 1.54) is 6.42 Å². The number of pyridine rings is 1. The van der Waals surface area contributed by atoms with Crippen molar-refractivity contribution in [3.8, 4) is 0 Å². The smallest absolute Gasteiger partial charge is 0.0802 e. The molecule has 0 unspecified atom stereocenters. The third-order valence-corrected chi connectivity index (χ3v) is 4.44. The van der Waals surface area contributed by atoms with Crippen LogP contribution in [0.2, 0.25) is 0 Å². The SMILES string of the molecule is COC1(CNCc2ncc(Br)cc2Br)CCC1. The summed E-state index contributed by atoms with van der Waals surface area (Å²) < 4.78 is 7.57. The largest absolute Gasteiger partial charge is 0.377 e. The van der Waals surface area contributed by atoms with Gasteiger partial charge < -0.3 is 10.1 Å². The third kappa shape index (κ3) is 3.28. The van der Waals surface area contributed by atoms with E-state index >= 15 is 0 Å². The topological polar surface area (TPSA) is 34.1 Å². The lowest BCUT2D eigenvalue weighted by Crippen LogP contribution is -2.47. The van der Waals surface area contributed by atoms with E-state index < -0.39 is 0 Å². The Labute approximate surface area is 119 Å². The van der Waals surface area contributed by atoms with Gasteiger partial charge in [0, 0.05) is 35.3 Å². The minimum atomic E-state index is 0.0713. The lowest BCUT2D eigenvalue weighted by atomic mass is 9.80. The van der Waals surface area contributed by atoms with Gasteiger partial charge in [-0.2, -0.15) is 0 Å². The summed E-state index contributed by atoms with van der Waals surface area (Å²) in [6.07, 6.45) is 5.41. The molecule has 1 heterocycles. The molecule has 0 aliphatic heterocycles. The Morgan fingerprint density at radius 1 is 1.47 bits per heavy atom. The quantitative estimate of drug-likeness (QED) is 0.871. The van der Waals surface area contributed by atoms with Crippen LogP contribution in [0.4, 0.5) is 0 Å². The lowest BCUT2D eigenvalue weighted by Gasteiger charge is -2.40. The Balaban J connectivity index is 1.85. The van der Waals surface area contributed by atoms with Crippen LogP contribution in [-0.4, -0.2) is 24.2 Å². The van der Waals surface area contributed by atoms with E-state index in [0.29, 0.717) is 0 Å². The molecule has 0 saturated heterocycles. The molecule has 3 nitrogen and oxygen atoms in total. The van der Waals surface area contributed by atoms with Crippen molar-refractivity contribution in [1.29, 1.82) is 0 Å². The van der Waals surface area contributed by atoms with Crippen molar-refractivity contribution in [3.63, 3.8) is 0 Å². The summed E-state index contributed by atoms with van der Waals surface area (Å²) in [6.45, 7) is 1.66. The average molecular weight is 364 g/mol. The van der Waals surface area contributed by atoms with Gasteiger partial charge >= 0.3 is 0 Å². The number of halogens is 2. The van der Waals surface area contributed by atoms with Crippen molar-refractivity contribution in [2.45, 2.75) is 31.4 Å². The molecule has 17 heavy (non-hydrogen) atoms. The monoisotopic (exact) mass is 362 g/mol. The van der Waals surface area contributed by atoms with E-state index in [-0.39, 0.29) is 5.60 Å². The van der Waals surface area contributed by atoms with Crippen LogP contribution in [0.3, 0.4) is 0 Å². The van der Waals surface area contributed by atoms with Gasteiger partial charge in [0.15, 0.2) is 0 Å². The summed E-state index contributed by atoms with van der Waals surface area (Å²) in [5.41, 5.74) is 1.10. The minimum Gasteiger partial charge on any atom is -0.377 e. The number of methoxy groups -OCH3 is 1. The fourth-order valence-corrected chi connectivity index (χ4v) is 3.13. The maximum Gasteiger partial charge on any atom is 0.0802 e. The molecule has 1 aromatic rings. The molecule has 94 valence electrons. The van der Waals surface area contributed by atoms with Crippen LogP contribution < -0.4 is 5.32 Å². The first-order valence-corrected chi connectivity index (χ1v) is 7.30. The molecule has 1 aliphatic rings. The summed E-state index contributed by atoms with van der Waals surface area (Å²) in [6, 6.07) is 2.01. The fraction of sp³-hybridized carbons (Fsp3) is 0.583. The number of aromatic nitrogens is 1. The molecule has 5 heteroatoms. The van der Waals surface area contributed by atoms with E-state index in [2.05, 4.69) is 42.2 Å². The second-order valence-corrected chi connectivity index (χ2v) is 6.20. The highest BCUT2D eigenvalue weighted by atomic mass is 79.9. The van der Waals surface area contributed by atoms with Crippen molar-refractivity contribution < 1.29 is 4.74 Å². The Hall–Kier alpha value is 0.0300. The number of hydrogen-bond acceptors (Lipinski definition) is 3. The van der Waals surface area contributed by atoms with Crippen LogP contribution in [0.1, 0.15) is 25.0 Å². The third-order valence-electron chi connectivity index (χ3n) is 3.32. The maximum atomic E-state index is 5.56. The minimum absolute atomic E-state index is 0.0713. The molecule has 0 amide bonds. The molecule has 1 aliphatic carbocycles. The summed E-state index contributed by atoms with van der Waals surface area (Å²) in [5.74, 6) is 0. The average Bonchev–Trinajstić information content (AvgIpc) is 2.25. The number of rotatable bonds is 5. The van der Waals surface area contributed by atoms with Gasteiger partial charge in [0.1, 0.15) is 0 Å². The van der Waals surface area contributed by atoms with Gasteiger partial charge in [-0.25, -0.2) is 0 Å². The molecule has 0 aromatic carbocycles. The van der Waals surface area contributed by atoms with Crippen molar-refractivity contribution in [1.82, 2.24) is 10.3 Å². The van der Waals surface area contributed by atoms with E-state index in [0.717, 1.165) is 40.6 Å². The van der Waals surface area contributed by atoms with Gasteiger partial charge in [-0.05, 0) is 57.2 Å². The summed E-state index contributed by atoms with van der Waals surface area (Å²) in [7, 11) is 1.80. The van der Waals surface area contributed by atoms with Gasteiger partial charge in [-0.15, -0.1) is 0 Å². The predicted octanol–water partition coefficient (Wildman–Crippen LogP) is 3.27. The van der Waals surface area contributed by atoms with Gasteiger partial charge in [-0.1, -0.05) is 0 Å². The zero-order chi connectivity index (χ0) is 12.3. The van der Waals surface area contributed by atoms with Crippen LogP contribution in [0.15, 0.2) is 21.2 Å². The molecular weight excluding hydrogens is 348 g/mol. The maximum absolute atomic E-state index is 5.56. The molecule has 0 radical (unpaired) electrons. The van der Waals surface area contributed by atoms with Crippen molar-refractivity contribution in [3.05, 3.63) is 26.9 Å². The first kappa shape index (κ1) is 13.5. The Morgan fingerprint density at radius 2 is 2.24 bits per heavy atom. The first-order chi connectivity index (χ1) is 8.15. The highest BCUT2D eigenvalue weighted by Gasteiger charge is 2.36. The lowest BCUT2D eigenvalue weighted by molar-refractivity contribution is -0.0695. The number of ether oxygens (including phenoxy) is 1. The fourth-order valence-electron chi connectivity index (χ4n) is 2.01. The molecular formula is C12H16Br2N2O. The number of nitrogens with zero attached hydrogens (tertiary/aromatic N) is 1. The van der Waals surface area contributed by atoms with Crippen LogP contribution in [0.25, 0.3) is 0 Å². The normalized spacial score (nSPS) is 17.8. The van der Waals surface area contributed by atoms with E-state index in [9.17, 15) is 0 Å². The van der Waals surface area contributed by atoms with Crippen LogP contribution in [0, 0.1) is 0 Å². The van der Waals surface area contributed by atoms with Crippen molar-refractivity contribution in [2.75, 3.05) is 13.7 Å². The highest BCUT2D eigenvalue weighted by molar-refractivity contribution is 9.11. The first-order valence-electron chi connectivity index (χ1n) is 5.71. The van der Waals surface area contributed by atoms with Crippen molar-refractivity contribution >= 4 is 31.9 Å². The molecule has 0 bridgehead atoms. The highest BCUT2D eigenvalue weighted by Crippen LogP contribution is 2.34. The standard InChI is InChI=1S/C12H16Br2N2O/c1-17-12(3-2-4-12)8-15-7-11-10(14)5-9(13)6-16-11/h5-6,15H,2-4,7-8H2,1H3. The molecule has 0 spiro atoms. The van der Waals surface area contributed by atoms with Crippen LogP contribution >= 0.6 is 31.9 Å². The van der Waals surface area contributed by atoms with Gasteiger partial charge in [0.25, 0.3) is 0 Å². The second-order valence-electron chi connectivity index (χ2n) is 4.43. The number of hydrogen-bond donors (Lipinski definition) is 1. The summed E-state index contributed by atoms with van der Waals surface area (Å²) >= 11 is 6.91. The molecule has 0 atom stereocenters. The zero-order valence-electron chi connectivity index (χ0n) is 9.80.